The summed E-state index contributed by atoms with van der Waals surface area (Å²) in [5.74, 6) is 1.58. The molecule has 0 radical (unpaired) electrons. The van der Waals surface area contributed by atoms with Crippen molar-refractivity contribution in [3.63, 3.8) is 0 Å². The Labute approximate surface area is 175 Å². The molecule has 0 amide bonds. The second-order valence-corrected chi connectivity index (χ2v) is 6.84. The van der Waals surface area contributed by atoms with Gasteiger partial charge in [-0.15, -0.1) is 0 Å². The van der Waals surface area contributed by atoms with Crippen molar-refractivity contribution in [2.75, 3.05) is 25.2 Å². The van der Waals surface area contributed by atoms with Gasteiger partial charge < -0.3 is 14.4 Å². The quantitative estimate of drug-likeness (QED) is 0.530. The number of aromatic nitrogens is 2. The van der Waals surface area contributed by atoms with Crippen molar-refractivity contribution >= 4 is 17.3 Å². The van der Waals surface area contributed by atoms with E-state index in [0.29, 0.717) is 32.0 Å². The van der Waals surface area contributed by atoms with Crippen LogP contribution in [0.25, 0.3) is 0 Å². The Balaban J connectivity index is 1.64. The molecule has 0 saturated carbocycles. The summed E-state index contributed by atoms with van der Waals surface area (Å²) in [6, 6.07) is 17.3. The molecular weight excluding hydrogens is 390 g/mol. The van der Waals surface area contributed by atoms with E-state index in [4.69, 9.17) is 21.1 Å². The van der Waals surface area contributed by atoms with Gasteiger partial charge in [-0.25, -0.2) is 4.68 Å². The van der Waals surface area contributed by atoms with Gasteiger partial charge in [0.1, 0.15) is 23.1 Å². The number of hydrogen-bond donors (Lipinski definition) is 0. The number of halogens is 1. The maximum Gasteiger partial charge on any atom is 0.287 e. The van der Waals surface area contributed by atoms with E-state index < -0.39 is 0 Å². The molecule has 0 aliphatic heterocycles. The Kier molecular flexibility index (Phi) is 7.14. The molecule has 1 heterocycles. The van der Waals surface area contributed by atoms with Crippen LogP contribution in [0.2, 0.25) is 5.02 Å². The summed E-state index contributed by atoms with van der Waals surface area (Å²) < 4.78 is 12.4. The maximum atomic E-state index is 12.6. The third kappa shape index (κ3) is 5.51. The zero-order valence-corrected chi connectivity index (χ0v) is 17.3. The molecule has 7 heteroatoms. The summed E-state index contributed by atoms with van der Waals surface area (Å²) in [6.07, 6.45) is 1.61. The van der Waals surface area contributed by atoms with Gasteiger partial charge in [0.15, 0.2) is 0 Å². The number of benzene rings is 2. The highest BCUT2D eigenvalue weighted by molar-refractivity contribution is 6.33. The number of ether oxygens (including phenoxy) is 2. The largest absolute Gasteiger partial charge is 0.494 e. The first-order valence-corrected chi connectivity index (χ1v) is 9.82. The van der Waals surface area contributed by atoms with Gasteiger partial charge in [0.05, 0.1) is 25.0 Å². The molecule has 3 rings (SSSR count). The highest BCUT2D eigenvalue weighted by Crippen LogP contribution is 2.22. The lowest BCUT2D eigenvalue weighted by molar-refractivity contribution is 0.288. The van der Waals surface area contributed by atoms with E-state index in [1.54, 1.807) is 6.20 Å². The Bertz CT molecular complexity index is 975. The fourth-order valence-corrected chi connectivity index (χ4v) is 3.16. The van der Waals surface area contributed by atoms with Gasteiger partial charge in [-0.1, -0.05) is 41.9 Å². The molecule has 0 unspecified atom stereocenters. The molecule has 0 saturated heterocycles. The third-order valence-corrected chi connectivity index (χ3v) is 4.70. The monoisotopic (exact) mass is 413 g/mol. The van der Waals surface area contributed by atoms with Gasteiger partial charge in [-0.05, 0) is 36.8 Å². The highest BCUT2D eigenvalue weighted by atomic mass is 35.5. The summed E-state index contributed by atoms with van der Waals surface area (Å²) in [4.78, 5) is 14.5. The van der Waals surface area contributed by atoms with Crippen LogP contribution in [0.1, 0.15) is 12.5 Å². The van der Waals surface area contributed by atoms with Gasteiger partial charge in [0, 0.05) is 13.6 Å². The molecule has 0 atom stereocenters. The molecule has 2 aromatic carbocycles. The van der Waals surface area contributed by atoms with Crippen LogP contribution in [0.15, 0.2) is 65.6 Å². The Morgan fingerprint density at radius 2 is 1.72 bits per heavy atom. The molecule has 0 aliphatic rings. The second kappa shape index (κ2) is 9.98. The zero-order chi connectivity index (χ0) is 20.6. The average Bonchev–Trinajstić information content (AvgIpc) is 2.73. The molecule has 0 aliphatic carbocycles. The molecule has 6 nitrogen and oxygen atoms in total. The van der Waals surface area contributed by atoms with Crippen LogP contribution in [-0.4, -0.2) is 30.0 Å². The van der Waals surface area contributed by atoms with Crippen molar-refractivity contribution in [3.05, 3.63) is 81.7 Å². The van der Waals surface area contributed by atoms with Crippen molar-refractivity contribution in [1.82, 2.24) is 9.78 Å². The summed E-state index contributed by atoms with van der Waals surface area (Å²) in [7, 11) is 1.88. The van der Waals surface area contributed by atoms with Crippen molar-refractivity contribution in [1.29, 1.82) is 0 Å². The van der Waals surface area contributed by atoms with Gasteiger partial charge in [0.2, 0.25) is 0 Å². The topological polar surface area (TPSA) is 56.6 Å². The molecule has 1 aromatic heterocycles. The Morgan fingerprint density at radius 1 is 1.03 bits per heavy atom. The van der Waals surface area contributed by atoms with Crippen molar-refractivity contribution in [2.45, 2.75) is 20.0 Å². The lowest BCUT2D eigenvalue weighted by Gasteiger charge is -2.20. The Hall–Kier alpha value is -2.99. The van der Waals surface area contributed by atoms with E-state index in [1.807, 2.05) is 73.5 Å². The van der Waals surface area contributed by atoms with Crippen molar-refractivity contribution < 1.29 is 9.47 Å². The van der Waals surface area contributed by atoms with Crippen molar-refractivity contribution in [2.24, 2.45) is 0 Å². The fraction of sp³-hybridized carbons (Fsp3) is 0.273. The first-order valence-electron chi connectivity index (χ1n) is 9.45. The smallest absolute Gasteiger partial charge is 0.287 e. The second-order valence-electron chi connectivity index (χ2n) is 6.47. The predicted octanol–water partition coefficient (Wildman–Crippen LogP) is 4.01. The fourth-order valence-electron chi connectivity index (χ4n) is 2.87. The van der Waals surface area contributed by atoms with Crippen LogP contribution >= 0.6 is 11.6 Å². The van der Waals surface area contributed by atoms with Crippen LogP contribution < -0.4 is 19.9 Å². The summed E-state index contributed by atoms with van der Waals surface area (Å²) in [5.41, 5.74) is 1.33. The van der Waals surface area contributed by atoms with Crippen LogP contribution in [0.4, 0.5) is 5.69 Å². The highest BCUT2D eigenvalue weighted by Gasteiger charge is 2.13. The average molecular weight is 414 g/mol. The predicted molar refractivity (Wildman–Crippen MR) is 115 cm³/mol. The van der Waals surface area contributed by atoms with Crippen LogP contribution in [0, 0.1) is 0 Å². The number of para-hydroxylation sites is 1. The van der Waals surface area contributed by atoms with Crippen LogP contribution in [-0.2, 0) is 13.1 Å². The maximum absolute atomic E-state index is 12.6. The molecular formula is C22H24ClN3O3. The minimum Gasteiger partial charge on any atom is -0.494 e. The number of rotatable bonds is 9. The van der Waals surface area contributed by atoms with E-state index in [9.17, 15) is 4.79 Å². The van der Waals surface area contributed by atoms with E-state index in [0.717, 1.165) is 17.1 Å². The van der Waals surface area contributed by atoms with Crippen molar-refractivity contribution in [3.8, 4) is 11.5 Å². The molecule has 0 spiro atoms. The Morgan fingerprint density at radius 3 is 2.41 bits per heavy atom. The first kappa shape index (κ1) is 20.7. The zero-order valence-electron chi connectivity index (χ0n) is 16.5. The number of hydrogen-bond acceptors (Lipinski definition) is 5. The van der Waals surface area contributed by atoms with Gasteiger partial charge >= 0.3 is 0 Å². The minimum absolute atomic E-state index is 0.146. The summed E-state index contributed by atoms with van der Waals surface area (Å²) in [6.45, 7) is 3.82. The molecule has 3 aromatic rings. The molecule has 29 heavy (non-hydrogen) atoms. The summed E-state index contributed by atoms with van der Waals surface area (Å²) in [5, 5.41) is 4.40. The number of nitrogens with zero attached hydrogens (tertiary/aromatic N) is 3. The summed E-state index contributed by atoms with van der Waals surface area (Å²) >= 11 is 6.35. The molecule has 0 fully saturated rings. The first-order chi connectivity index (χ1) is 14.1. The molecule has 0 bridgehead atoms. The third-order valence-electron chi connectivity index (χ3n) is 4.35. The van der Waals surface area contributed by atoms with E-state index in [1.165, 1.54) is 4.68 Å². The normalized spacial score (nSPS) is 10.6. The SMILES string of the molecule is CCOc1ccc(CN(C)c2cnn(CCOc3ccccc3)c(=O)c2Cl)cc1. The lowest BCUT2D eigenvalue weighted by atomic mass is 10.2. The van der Waals surface area contributed by atoms with E-state index >= 15 is 0 Å². The lowest BCUT2D eigenvalue weighted by Crippen LogP contribution is -2.29. The van der Waals surface area contributed by atoms with Gasteiger partial charge in [-0.2, -0.15) is 5.10 Å². The molecule has 0 N–H and O–H groups in total. The minimum atomic E-state index is -0.334. The van der Waals surface area contributed by atoms with E-state index in [-0.39, 0.29) is 10.6 Å². The van der Waals surface area contributed by atoms with Gasteiger partial charge in [0.25, 0.3) is 5.56 Å². The molecule has 152 valence electrons. The van der Waals surface area contributed by atoms with Crippen LogP contribution in [0.5, 0.6) is 11.5 Å². The number of anilines is 1. The van der Waals surface area contributed by atoms with E-state index in [2.05, 4.69) is 5.10 Å². The van der Waals surface area contributed by atoms with Crippen LogP contribution in [0.3, 0.4) is 0 Å². The van der Waals surface area contributed by atoms with Gasteiger partial charge in [-0.3, -0.25) is 4.79 Å². The standard InChI is InChI=1S/C22H24ClN3O3/c1-3-28-19-11-9-17(10-12-19)16-25(2)20-15-24-26(22(27)21(20)23)13-14-29-18-7-5-4-6-8-18/h4-12,15H,3,13-14,16H2,1-2H3.